The highest BCUT2D eigenvalue weighted by atomic mass is 16.4. The van der Waals surface area contributed by atoms with Gasteiger partial charge in [-0.15, -0.1) is 5.10 Å². The van der Waals surface area contributed by atoms with Crippen LogP contribution in [0.5, 0.6) is 0 Å². The van der Waals surface area contributed by atoms with Crippen LogP contribution in [-0.4, -0.2) is 49.3 Å². The summed E-state index contributed by atoms with van der Waals surface area (Å²) < 4.78 is 1.89. The number of hydrogen-bond donors (Lipinski definition) is 1. The van der Waals surface area contributed by atoms with Crippen molar-refractivity contribution in [2.75, 3.05) is 13.1 Å². The molecule has 1 aromatic rings. The summed E-state index contributed by atoms with van der Waals surface area (Å²) >= 11 is 0. The Kier molecular flexibility index (Phi) is 2.77. The summed E-state index contributed by atoms with van der Waals surface area (Å²) in [7, 11) is 0. The van der Waals surface area contributed by atoms with E-state index in [9.17, 15) is 4.79 Å². The molecule has 0 amide bonds. The Morgan fingerprint density at radius 1 is 1.44 bits per heavy atom. The fourth-order valence-corrected chi connectivity index (χ4v) is 2.64. The van der Waals surface area contributed by atoms with Crippen molar-refractivity contribution >= 4 is 5.97 Å². The van der Waals surface area contributed by atoms with Crippen molar-refractivity contribution in [1.29, 1.82) is 0 Å². The molecule has 0 radical (unpaired) electrons. The topological polar surface area (TPSA) is 84.1 Å². The van der Waals surface area contributed by atoms with Crippen LogP contribution in [0.2, 0.25) is 0 Å². The Hall–Kier alpha value is -1.50. The van der Waals surface area contributed by atoms with E-state index in [1.807, 2.05) is 11.6 Å². The molecule has 7 nitrogen and oxygen atoms in total. The highest BCUT2D eigenvalue weighted by Gasteiger charge is 2.36. The molecule has 7 heteroatoms. The average molecular weight is 251 g/mol. The molecular weight excluding hydrogens is 234 g/mol. The molecule has 2 fully saturated rings. The fraction of sp³-hybridized carbons (Fsp3) is 0.818. The lowest BCUT2D eigenvalue weighted by Crippen LogP contribution is -2.24. The zero-order chi connectivity index (χ0) is 12.7. The molecule has 1 saturated heterocycles. The number of aromatic nitrogens is 4. The lowest BCUT2D eigenvalue weighted by Gasteiger charge is -2.14. The third-order valence-corrected chi connectivity index (χ3v) is 3.82. The molecule has 2 unspecified atom stereocenters. The second-order valence-electron chi connectivity index (χ2n) is 5.39. The van der Waals surface area contributed by atoms with Gasteiger partial charge >= 0.3 is 5.97 Å². The maximum absolute atomic E-state index is 11.1. The van der Waals surface area contributed by atoms with E-state index in [0.29, 0.717) is 19.1 Å². The Balaban J connectivity index is 1.66. The minimum absolute atomic E-state index is 0.188. The van der Waals surface area contributed by atoms with Crippen molar-refractivity contribution in [3.63, 3.8) is 0 Å². The van der Waals surface area contributed by atoms with Gasteiger partial charge in [0.25, 0.3) is 0 Å². The van der Waals surface area contributed by atoms with Crippen LogP contribution < -0.4 is 0 Å². The van der Waals surface area contributed by atoms with Crippen molar-refractivity contribution in [2.24, 2.45) is 11.8 Å². The summed E-state index contributed by atoms with van der Waals surface area (Å²) in [5.41, 5.74) is 0. The Labute approximate surface area is 105 Å². The number of carboxylic acids is 1. The first-order chi connectivity index (χ1) is 8.65. The summed E-state index contributed by atoms with van der Waals surface area (Å²) in [6.07, 6.45) is 2.29. The molecule has 3 rings (SSSR count). The van der Waals surface area contributed by atoms with E-state index in [1.54, 1.807) is 0 Å². The van der Waals surface area contributed by atoms with Gasteiger partial charge in [0.05, 0.1) is 18.5 Å². The standard InChI is InChI=1S/C11H17N5O2/c1-7-4-15(5-9(7)11(17)18)6-10-12-13-14-16(10)8-2-3-8/h7-9H,2-6H2,1H3,(H,17,18). The van der Waals surface area contributed by atoms with Crippen LogP contribution in [0, 0.1) is 11.8 Å². The van der Waals surface area contributed by atoms with E-state index >= 15 is 0 Å². The monoisotopic (exact) mass is 251 g/mol. The molecule has 0 bridgehead atoms. The minimum atomic E-state index is -0.702. The second kappa shape index (κ2) is 4.31. The van der Waals surface area contributed by atoms with Crippen LogP contribution in [0.4, 0.5) is 0 Å². The summed E-state index contributed by atoms with van der Waals surface area (Å²) in [5, 5.41) is 20.9. The minimum Gasteiger partial charge on any atom is -0.481 e. The fourth-order valence-electron chi connectivity index (χ4n) is 2.64. The molecule has 1 saturated carbocycles. The van der Waals surface area contributed by atoms with Gasteiger partial charge in [-0.3, -0.25) is 9.69 Å². The van der Waals surface area contributed by atoms with Gasteiger partial charge in [-0.25, -0.2) is 4.68 Å². The van der Waals surface area contributed by atoms with E-state index < -0.39 is 5.97 Å². The zero-order valence-electron chi connectivity index (χ0n) is 10.4. The van der Waals surface area contributed by atoms with E-state index in [2.05, 4.69) is 20.4 Å². The smallest absolute Gasteiger partial charge is 0.308 e. The number of rotatable bonds is 4. The largest absolute Gasteiger partial charge is 0.481 e. The molecule has 1 aliphatic carbocycles. The first-order valence-corrected chi connectivity index (χ1v) is 6.37. The normalized spacial score (nSPS) is 28.7. The van der Waals surface area contributed by atoms with Gasteiger partial charge in [0.2, 0.25) is 0 Å². The number of hydrogen-bond acceptors (Lipinski definition) is 5. The van der Waals surface area contributed by atoms with Crippen molar-refractivity contribution in [3.8, 4) is 0 Å². The van der Waals surface area contributed by atoms with Crippen molar-refractivity contribution < 1.29 is 9.90 Å². The Bertz CT molecular complexity index is 456. The van der Waals surface area contributed by atoms with Gasteiger partial charge in [-0.1, -0.05) is 6.92 Å². The van der Waals surface area contributed by atoms with Crippen LogP contribution in [0.3, 0.4) is 0 Å². The van der Waals surface area contributed by atoms with Crippen LogP contribution in [0.1, 0.15) is 31.6 Å². The number of tetrazole rings is 1. The number of carbonyl (C=O) groups is 1. The molecule has 18 heavy (non-hydrogen) atoms. The first-order valence-electron chi connectivity index (χ1n) is 6.37. The van der Waals surface area contributed by atoms with Gasteiger partial charge in [-0.2, -0.15) is 0 Å². The molecule has 0 spiro atoms. The predicted octanol–water partition coefficient (Wildman–Crippen LogP) is 0.160. The van der Waals surface area contributed by atoms with E-state index in [4.69, 9.17) is 5.11 Å². The maximum Gasteiger partial charge on any atom is 0.308 e. The van der Waals surface area contributed by atoms with Gasteiger partial charge in [0.1, 0.15) is 0 Å². The molecule has 1 aromatic heterocycles. The molecule has 2 atom stereocenters. The molecule has 0 aromatic carbocycles. The maximum atomic E-state index is 11.1. The molecular formula is C11H17N5O2. The molecule has 98 valence electrons. The molecule has 1 N–H and O–H groups in total. The van der Waals surface area contributed by atoms with Crippen LogP contribution in [0.25, 0.3) is 0 Å². The summed E-state index contributed by atoms with van der Waals surface area (Å²) in [6, 6.07) is 0.463. The van der Waals surface area contributed by atoms with Gasteiger partial charge in [0.15, 0.2) is 5.82 Å². The summed E-state index contributed by atoms with van der Waals surface area (Å²) in [6.45, 7) is 4.03. The van der Waals surface area contributed by atoms with Gasteiger partial charge < -0.3 is 5.11 Å². The highest BCUT2D eigenvalue weighted by Crippen LogP contribution is 2.35. The lowest BCUT2D eigenvalue weighted by atomic mass is 9.99. The third-order valence-electron chi connectivity index (χ3n) is 3.82. The molecule has 2 aliphatic rings. The van der Waals surface area contributed by atoms with Gasteiger partial charge in [0, 0.05) is 13.1 Å². The van der Waals surface area contributed by atoms with Crippen LogP contribution in [0.15, 0.2) is 0 Å². The van der Waals surface area contributed by atoms with Crippen molar-refractivity contribution in [3.05, 3.63) is 5.82 Å². The Morgan fingerprint density at radius 3 is 2.83 bits per heavy atom. The van der Waals surface area contributed by atoms with E-state index in [0.717, 1.165) is 25.2 Å². The zero-order valence-corrected chi connectivity index (χ0v) is 10.4. The summed E-state index contributed by atoms with van der Waals surface area (Å²) in [4.78, 5) is 13.2. The molecule has 2 heterocycles. The Morgan fingerprint density at radius 2 is 2.22 bits per heavy atom. The number of nitrogens with zero attached hydrogens (tertiary/aromatic N) is 5. The molecule has 1 aliphatic heterocycles. The van der Waals surface area contributed by atoms with Gasteiger partial charge in [-0.05, 0) is 29.2 Å². The van der Waals surface area contributed by atoms with Crippen molar-refractivity contribution in [2.45, 2.75) is 32.4 Å². The SMILES string of the molecule is CC1CN(Cc2nnnn2C2CC2)CC1C(=O)O. The lowest BCUT2D eigenvalue weighted by molar-refractivity contribution is -0.142. The van der Waals surface area contributed by atoms with E-state index in [1.165, 1.54) is 0 Å². The third kappa shape index (κ3) is 2.10. The van der Waals surface area contributed by atoms with Crippen molar-refractivity contribution in [1.82, 2.24) is 25.1 Å². The first kappa shape index (κ1) is 11.6. The quantitative estimate of drug-likeness (QED) is 0.820. The summed E-state index contributed by atoms with van der Waals surface area (Å²) in [5.74, 6) is 0.0746. The number of carboxylic acid groups (broad SMARTS) is 1. The van der Waals surface area contributed by atoms with E-state index in [-0.39, 0.29) is 11.8 Å². The average Bonchev–Trinajstić information content (AvgIpc) is 2.95. The number of aliphatic carboxylic acids is 1. The highest BCUT2D eigenvalue weighted by molar-refractivity contribution is 5.71. The second-order valence-corrected chi connectivity index (χ2v) is 5.39. The van der Waals surface area contributed by atoms with Crippen LogP contribution >= 0.6 is 0 Å². The predicted molar refractivity (Wildman–Crippen MR) is 61.7 cm³/mol. The van der Waals surface area contributed by atoms with Crippen LogP contribution in [-0.2, 0) is 11.3 Å². The number of likely N-dealkylation sites (tertiary alicyclic amines) is 1.